The number of nitrogen functional groups attached to an aromatic ring is 1. The molecule has 2 rings (SSSR count). The molecule has 0 radical (unpaired) electrons. The van der Waals surface area contributed by atoms with Crippen molar-refractivity contribution in [2.75, 3.05) is 17.7 Å². The maximum Gasteiger partial charge on any atom is 0.137 e. The van der Waals surface area contributed by atoms with Crippen LogP contribution in [0.4, 0.5) is 16.0 Å². The molecule has 0 atom stereocenters. The summed E-state index contributed by atoms with van der Waals surface area (Å²) in [7, 11) is 1.93. The Bertz CT molecular complexity index is 581. The van der Waals surface area contributed by atoms with Crippen LogP contribution < -0.4 is 10.6 Å². The quantitative estimate of drug-likeness (QED) is 0.921. The van der Waals surface area contributed by atoms with Gasteiger partial charge >= 0.3 is 0 Å². The molecular weight excluding hydrogens is 243 g/mol. The van der Waals surface area contributed by atoms with Gasteiger partial charge in [-0.05, 0) is 31.5 Å². The van der Waals surface area contributed by atoms with E-state index in [1.54, 1.807) is 12.1 Å². The molecule has 0 unspecified atom stereocenters. The van der Waals surface area contributed by atoms with Crippen molar-refractivity contribution < 1.29 is 4.39 Å². The second-order valence-corrected chi connectivity index (χ2v) is 4.59. The van der Waals surface area contributed by atoms with Gasteiger partial charge in [0.05, 0.1) is 0 Å². The van der Waals surface area contributed by atoms with E-state index in [0.717, 1.165) is 16.9 Å². The summed E-state index contributed by atoms with van der Waals surface area (Å²) in [6.45, 7) is 4.34. The number of aromatic nitrogens is 2. The van der Waals surface area contributed by atoms with E-state index < -0.39 is 0 Å². The largest absolute Gasteiger partial charge is 0.383 e. The van der Waals surface area contributed by atoms with Crippen LogP contribution in [0.3, 0.4) is 0 Å². The molecule has 19 heavy (non-hydrogen) atoms. The van der Waals surface area contributed by atoms with Crippen LogP contribution in [0.2, 0.25) is 0 Å². The third-order valence-corrected chi connectivity index (χ3v) is 2.96. The van der Waals surface area contributed by atoms with Crippen LogP contribution in [0.25, 0.3) is 0 Å². The molecule has 0 fully saturated rings. The average Bonchev–Trinajstić information content (AvgIpc) is 2.36. The predicted molar refractivity (Wildman–Crippen MR) is 74.4 cm³/mol. The number of nitrogens with zero attached hydrogens (tertiary/aromatic N) is 3. The number of nitrogens with two attached hydrogens (primary N) is 1. The molecule has 0 saturated carbocycles. The predicted octanol–water partition coefficient (Wildman–Crippen LogP) is 2.45. The van der Waals surface area contributed by atoms with Crippen molar-refractivity contribution in [2.24, 2.45) is 0 Å². The molecule has 5 heteroatoms. The van der Waals surface area contributed by atoms with Gasteiger partial charge in [0.2, 0.25) is 0 Å². The van der Waals surface area contributed by atoms with E-state index in [1.165, 1.54) is 12.1 Å². The molecule has 100 valence electrons. The van der Waals surface area contributed by atoms with Crippen molar-refractivity contribution in [1.29, 1.82) is 0 Å². The van der Waals surface area contributed by atoms with Crippen LogP contribution in [-0.2, 0) is 6.54 Å². The molecule has 0 bridgehead atoms. The Kier molecular flexibility index (Phi) is 3.64. The average molecular weight is 260 g/mol. The van der Waals surface area contributed by atoms with Gasteiger partial charge in [-0.25, -0.2) is 14.4 Å². The van der Waals surface area contributed by atoms with Gasteiger partial charge in [-0.2, -0.15) is 0 Å². The maximum absolute atomic E-state index is 12.9. The SMILES string of the molecule is Cc1nc(N)c(C)c(N(C)Cc2ccc(F)cc2)n1. The minimum atomic E-state index is -0.232. The fourth-order valence-electron chi connectivity index (χ4n) is 1.95. The standard InChI is InChI=1S/C14H17FN4/c1-9-13(16)17-10(2)18-14(9)19(3)8-11-4-6-12(15)7-5-11/h4-7H,8H2,1-3H3,(H2,16,17,18). The van der Waals surface area contributed by atoms with E-state index in [0.29, 0.717) is 18.2 Å². The maximum atomic E-state index is 12.9. The highest BCUT2D eigenvalue weighted by molar-refractivity contribution is 5.56. The highest BCUT2D eigenvalue weighted by Gasteiger charge is 2.11. The Morgan fingerprint density at radius 1 is 1.16 bits per heavy atom. The lowest BCUT2D eigenvalue weighted by Crippen LogP contribution is -2.20. The molecule has 1 aromatic heterocycles. The number of aryl methyl sites for hydroxylation is 1. The zero-order valence-corrected chi connectivity index (χ0v) is 11.3. The van der Waals surface area contributed by atoms with Crippen LogP contribution in [-0.4, -0.2) is 17.0 Å². The van der Waals surface area contributed by atoms with Gasteiger partial charge in [-0.3, -0.25) is 0 Å². The van der Waals surface area contributed by atoms with Crippen LogP contribution in [0.15, 0.2) is 24.3 Å². The minimum Gasteiger partial charge on any atom is -0.383 e. The number of rotatable bonds is 3. The van der Waals surface area contributed by atoms with E-state index in [1.807, 2.05) is 25.8 Å². The first kappa shape index (κ1) is 13.3. The Balaban J connectivity index is 2.24. The third-order valence-electron chi connectivity index (χ3n) is 2.96. The van der Waals surface area contributed by atoms with Crippen LogP contribution in [0.5, 0.6) is 0 Å². The van der Waals surface area contributed by atoms with Crippen molar-refractivity contribution in [3.05, 3.63) is 47.0 Å². The molecule has 0 amide bonds. The van der Waals surface area contributed by atoms with Crippen LogP contribution in [0, 0.1) is 19.7 Å². The second-order valence-electron chi connectivity index (χ2n) is 4.59. The molecule has 2 aromatic rings. The Morgan fingerprint density at radius 2 is 1.79 bits per heavy atom. The summed E-state index contributed by atoms with van der Waals surface area (Å²) < 4.78 is 12.9. The van der Waals surface area contributed by atoms with Gasteiger partial charge in [0.15, 0.2) is 0 Å². The van der Waals surface area contributed by atoms with Gasteiger partial charge in [-0.15, -0.1) is 0 Å². The zero-order valence-electron chi connectivity index (χ0n) is 11.3. The molecule has 2 N–H and O–H groups in total. The number of hydrogen-bond acceptors (Lipinski definition) is 4. The summed E-state index contributed by atoms with van der Waals surface area (Å²) in [6, 6.07) is 6.43. The summed E-state index contributed by atoms with van der Waals surface area (Å²) >= 11 is 0. The lowest BCUT2D eigenvalue weighted by molar-refractivity contribution is 0.627. The number of halogens is 1. The van der Waals surface area contributed by atoms with E-state index in [2.05, 4.69) is 9.97 Å². The molecule has 0 aliphatic rings. The topological polar surface area (TPSA) is 55.0 Å². The van der Waals surface area contributed by atoms with Gasteiger partial charge in [0, 0.05) is 19.2 Å². The fraction of sp³-hybridized carbons (Fsp3) is 0.286. The van der Waals surface area contributed by atoms with Crippen molar-refractivity contribution in [3.8, 4) is 0 Å². The summed E-state index contributed by atoms with van der Waals surface area (Å²) in [6.07, 6.45) is 0. The molecule has 0 saturated heterocycles. The fourth-order valence-corrected chi connectivity index (χ4v) is 1.95. The lowest BCUT2D eigenvalue weighted by Gasteiger charge is -2.21. The molecule has 0 spiro atoms. The Morgan fingerprint density at radius 3 is 2.42 bits per heavy atom. The van der Waals surface area contributed by atoms with Gasteiger partial charge in [0.25, 0.3) is 0 Å². The number of benzene rings is 1. The molecule has 1 heterocycles. The lowest BCUT2D eigenvalue weighted by atomic mass is 10.2. The summed E-state index contributed by atoms with van der Waals surface area (Å²) in [4.78, 5) is 10.5. The third kappa shape index (κ3) is 2.99. The number of hydrogen-bond donors (Lipinski definition) is 1. The Labute approximate surface area is 112 Å². The van der Waals surface area contributed by atoms with E-state index in [-0.39, 0.29) is 5.82 Å². The highest BCUT2D eigenvalue weighted by atomic mass is 19.1. The summed E-state index contributed by atoms with van der Waals surface area (Å²) in [5.41, 5.74) is 7.71. The van der Waals surface area contributed by atoms with Gasteiger partial charge in [0.1, 0.15) is 23.3 Å². The van der Waals surface area contributed by atoms with Crippen LogP contribution >= 0.6 is 0 Å². The summed E-state index contributed by atoms with van der Waals surface area (Å²) in [5, 5.41) is 0. The van der Waals surface area contributed by atoms with Crippen molar-refractivity contribution in [2.45, 2.75) is 20.4 Å². The van der Waals surface area contributed by atoms with Crippen molar-refractivity contribution in [3.63, 3.8) is 0 Å². The first-order valence-corrected chi connectivity index (χ1v) is 6.03. The molecule has 0 aliphatic heterocycles. The monoisotopic (exact) mass is 260 g/mol. The smallest absolute Gasteiger partial charge is 0.137 e. The van der Waals surface area contributed by atoms with E-state index in [9.17, 15) is 4.39 Å². The van der Waals surface area contributed by atoms with E-state index >= 15 is 0 Å². The highest BCUT2D eigenvalue weighted by Crippen LogP contribution is 2.21. The normalized spacial score (nSPS) is 10.5. The van der Waals surface area contributed by atoms with Crippen LogP contribution in [0.1, 0.15) is 17.0 Å². The molecule has 4 nitrogen and oxygen atoms in total. The first-order valence-electron chi connectivity index (χ1n) is 6.03. The van der Waals surface area contributed by atoms with Crippen molar-refractivity contribution >= 4 is 11.6 Å². The van der Waals surface area contributed by atoms with Gasteiger partial charge < -0.3 is 10.6 Å². The molecular formula is C14H17FN4. The number of anilines is 2. The van der Waals surface area contributed by atoms with E-state index in [4.69, 9.17) is 5.73 Å². The van der Waals surface area contributed by atoms with Gasteiger partial charge in [-0.1, -0.05) is 12.1 Å². The molecule has 1 aromatic carbocycles. The molecule has 0 aliphatic carbocycles. The minimum absolute atomic E-state index is 0.232. The van der Waals surface area contributed by atoms with Crippen molar-refractivity contribution in [1.82, 2.24) is 9.97 Å². The zero-order chi connectivity index (χ0) is 14.0. The summed E-state index contributed by atoms with van der Waals surface area (Å²) in [5.74, 6) is 1.71. The Hall–Kier alpha value is -2.17. The second kappa shape index (κ2) is 5.22. The first-order chi connectivity index (χ1) is 8.97.